The number of aromatic nitrogens is 1. The fourth-order valence-electron chi connectivity index (χ4n) is 5.73. The lowest BCUT2D eigenvalue weighted by Crippen LogP contribution is -2.63. The minimum Gasteiger partial charge on any atom is -0.497 e. The van der Waals surface area contributed by atoms with E-state index in [4.69, 9.17) is 9.47 Å². The van der Waals surface area contributed by atoms with E-state index >= 15 is 0 Å². The molecular formula is C30H29N3O4. The first-order chi connectivity index (χ1) is 18.1. The zero-order valence-corrected chi connectivity index (χ0v) is 20.9. The second-order valence-corrected chi connectivity index (χ2v) is 9.62. The summed E-state index contributed by atoms with van der Waals surface area (Å²) in [6.45, 7) is 0.563. The Kier molecular flexibility index (Phi) is 5.83. The normalized spacial score (nSPS) is 19.1. The predicted octanol–water partition coefficient (Wildman–Crippen LogP) is 4.11. The molecule has 3 heterocycles. The first kappa shape index (κ1) is 23.2. The molecule has 7 heteroatoms. The third-order valence-electron chi connectivity index (χ3n) is 7.58. The molecule has 3 aromatic carbocycles. The lowest BCUT2D eigenvalue weighted by molar-refractivity contribution is -0.158. The van der Waals surface area contributed by atoms with Crippen LogP contribution in [0.2, 0.25) is 0 Å². The third-order valence-corrected chi connectivity index (χ3v) is 7.58. The van der Waals surface area contributed by atoms with Crippen LogP contribution in [0.15, 0.2) is 72.8 Å². The quantitative estimate of drug-likeness (QED) is 0.437. The summed E-state index contributed by atoms with van der Waals surface area (Å²) in [6.07, 6.45) is 1.16. The average Bonchev–Trinajstić information content (AvgIpc) is 3.31. The molecule has 37 heavy (non-hydrogen) atoms. The van der Waals surface area contributed by atoms with Gasteiger partial charge in [0.15, 0.2) is 0 Å². The van der Waals surface area contributed by atoms with Crippen molar-refractivity contribution >= 4 is 22.7 Å². The molecule has 2 unspecified atom stereocenters. The van der Waals surface area contributed by atoms with Crippen molar-refractivity contribution in [1.29, 1.82) is 0 Å². The van der Waals surface area contributed by atoms with E-state index in [1.54, 1.807) is 24.0 Å². The summed E-state index contributed by atoms with van der Waals surface area (Å²) < 4.78 is 10.7. The molecule has 188 valence electrons. The molecule has 0 radical (unpaired) electrons. The monoisotopic (exact) mass is 495 g/mol. The first-order valence-electron chi connectivity index (χ1n) is 12.5. The Hall–Kier alpha value is -4.26. The van der Waals surface area contributed by atoms with E-state index in [1.807, 2.05) is 66.7 Å². The number of aromatic amines is 1. The molecule has 1 fully saturated rings. The number of ether oxygens (including phenoxy) is 2. The van der Waals surface area contributed by atoms with Crippen molar-refractivity contribution in [1.82, 2.24) is 14.8 Å². The molecule has 2 atom stereocenters. The van der Waals surface area contributed by atoms with Gasteiger partial charge in [-0.25, -0.2) is 0 Å². The molecule has 2 aliphatic heterocycles. The van der Waals surface area contributed by atoms with Crippen LogP contribution >= 0.6 is 0 Å². The number of methoxy groups -OCH3 is 2. The Morgan fingerprint density at radius 3 is 2.49 bits per heavy atom. The van der Waals surface area contributed by atoms with E-state index in [1.165, 1.54) is 0 Å². The van der Waals surface area contributed by atoms with E-state index < -0.39 is 12.1 Å². The molecule has 1 N–H and O–H groups in total. The topological polar surface area (TPSA) is 74.9 Å². The van der Waals surface area contributed by atoms with Crippen LogP contribution in [-0.2, 0) is 22.4 Å². The summed E-state index contributed by atoms with van der Waals surface area (Å²) in [5, 5.41) is 1.10. The van der Waals surface area contributed by atoms with Gasteiger partial charge in [0.2, 0.25) is 11.8 Å². The molecule has 0 aliphatic carbocycles. The zero-order valence-electron chi connectivity index (χ0n) is 20.9. The summed E-state index contributed by atoms with van der Waals surface area (Å²) in [4.78, 5) is 34.7. The number of rotatable bonds is 6. The summed E-state index contributed by atoms with van der Waals surface area (Å²) in [5.74, 6) is 1.46. The average molecular weight is 496 g/mol. The van der Waals surface area contributed by atoms with Gasteiger partial charge in [0, 0.05) is 29.6 Å². The van der Waals surface area contributed by atoms with Crippen molar-refractivity contribution in [3.63, 3.8) is 0 Å². The molecule has 2 aliphatic rings. The van der Waals surface area contributed by atoms with Crippen LogP contribution in [0.4, 0.5) is 0 Å². The van der Waals surface area contributed by atoms with Gasteiger partial charge in [-0.15, -0.1) is 0 Å². The summed E-state index contributed by atoms with van der Waals surface area (Å²) >= 11 is 0. The number of amides is 2. The number of hydrogen-bond donors (Lipinski definition) is 1. The Bertz CT molecular complexity index is 1480. The van der Waals surface area contributed by atoms with Crippen molar-refractivity contribution in [2.24, 2.45) is 0 Å². The number of hydrogen-bond acceptors (Lipinski definition) is 4. The maximum atomic E-state index is 13.9. The molecule has 0 bridgehead atoms. The van der Waals surface area contributed by atoms with Crippen molar-refractivity contribution in [2.45, 2.75) is 24.9 Å². The van der Waals surface area contributed by atoms with Crippen LogP contribution in [0.3, 0.4) is 0 Å². The van der Waals surface area contributed by atoms with Gasteiger partial charge in [0.05, 0.1) is 26.8 Å². The van der Waals surface area contributed by atoms with Crippen LogP contribution in [0, 0.1) is 0 Å². The lowest BCUT2D eigenvalue weighted by atomic mass is 9.86. The molecule has 1 aromatic heterocycles. The van der Waals surface area contributed by atoms with Crippen LogP contribution in [0.25, 0.3) is 10.9 Å². The number of carbonyl (C=O) groups is 2. The molecule has 7 nitrogen and oxygen atoms in total. The van der Waals surface area contributed by atoms with Gasteiger partial charge in [0.1, 0.15) is 17.5 Å². The minimum absolute atomic E-state index is 0.00283. The Balaban J connectivity index is 1.36. The smallest absolute Gasteiger partial charge is 0.246 e. The van der Waals surface area contributed by atoms with Crippen LogP contribution in [0.5, 0.6) is 11.5 Å². The van der Waals surface area contributed by atoms with Gasteiger partial charge >= 0.3 is 0 Å². The third kappa shape index (κ3) is 4.00. The summed E-state index contributed by atoms with van der Waals surface area (Å²) in [6, 6.07) is 22.8. The Morgan fingerprint density at radius 1 is 0.919 bits per heavy atom. The highest BCUT2D eigenvalue weighted by Gasteiger charge is 2.48. The largest absolute Gasteiger partial charge is 0.497 e. The number of benzene rings is 3. The van der Waals surface area contributed by atoms with Gasteiger partial charge in [0.25, 0.3) is 0 Å². The summed E-state index contributed by atoms with van der Waals surface area (Å²) in [7, 11) is 3.27. The van der Waals surface area contributed by atoms with E-state index in [-0.39, 0.29) is 18.4 Å². The number of para-hydroxylation sites is 1. The van der Waals surface area contributed by atoms with Crippen LogP contribution in [-0.4, -0.2) is 59.9 Å². The maximum absolute atomic E-state index is 13.9. The Labute approximate surface area is 215 Å². The number of fused-ring (bicyclic) bond motifs is 4. The molecule has 0 saturated carbocycles. The summed E-state index contributed by atoms with van der Waals surface area (Å²) in [5.41, 5.74) is 5.10. The highest BCUT2D eigenvalue weighted by atomic mass is 16.5. The maximum Gasteiger partial charge on any atom is 0.246 e. The van der Waals surface area contributed by atoms with Gasteiger partial charge in [-0.3, -0.25) is 9.59 Å². The van der Waals surface area contributed by atoms with Gasteiger partial charge in [-0.1, -0.05) is 42.5 Å². The highest BCUT2D eigenvalue weighted by molar-refractivity contribution is 5.97. The number of H-pyrrole nitrogens is 1. The van der Waals surface area contributed by atoms with Crippen molar-refractivity contribution < 1.29 is 19.1 Å². The van der Waals surface area contributed by atoms with E-state index in [2.05, 4.69) is 11.1 Å². The number of nitrogens with zero attached hydrogens (tertiary/aromatic N) is 2. The molecule has 6 rings (SSSR count). The van der Waals surface area contributed by atoms with Crippen molar-refractivity contribution in [2.75, 3.05) is 27.3 Å². The Morgan fingerprint density at radius 2 is 1.70 bits per heavy atom. The number of nitrogens with one attached hydrogen (secondary N) is 1. The fraction of sp³-hybridized carbons (Fsp3) is 0.267. The number of carbonyl (C=O) groups excluding carboxylic acids is 2. The van der Waals surface area contributed by atoms with Crippen LogP contribution < -0.4 is 9.47 Å². The highest BCUT2D eigenvalue weighted by Crippen LogP contribution is 2.43. The van der Waals surface area contributed by atoms with E-state index in [0.29, 0.717) is 25.1 Å². The van der Waals surface area contributed by atoms with E-state index in [0.717, 1.165) is 39.0 Å². The first-order valence-corrected chi connectivity index (χ1v) is 12.5. The van der Waals surface area contributed by atoms with Crippen LogP contribution in [0.1, 0.15) is 28.4 Å². The molecule has 0 spiro atoms. The van der Waals surface area contributed by atoms with Crippen molar-refractivity contribution in [3.05, 3.63) is 95.2 Å². The fourth-order valence-corrected chi connectivity index (χ4v) is 5.73. The lowest BCUT2D eigenvalue weighted by Gasteiger charge is -2.47. The van der Waals surface area contributed by atoms with Gasteiger partial charge in [-0.05, 0) is 53.4 Å². The standard InChI is InChI=1S/C30H29N3O4/c1-36-21-12-10-19(11-13-21)14-15-32-18-27(34)33-26(30(32)35)17-24-23-8-3-4-9-25(23)31-28(24)29(33)20-6-5-7-22(16-20)37-2/h3-13,16,26,29,31H,14-15,17-18H2,1-2H3. The second-order valence-electron chi connectivity index (χ2n) is 9.62. The van der Waals surface area contributed by atoms with E-state index in [9.17, 15) is 9.59 Å². The molecule has 2 amide bonds. The predicted molar refractivity (Wildman–Crippen MR) is 141 cm³/mol. The van der Waals surface area contributed by atoms with Crippen molar-refractivity contribution in [3.8, 4) is 11.5 Å². The molecule has 4 aromatic rings. The second kappa shape index (κ2) is 9.32. The minimum atomic E-state index is -0.556. The number of piperazine rings is 1. The molecule has 1 saturated heterocycles. The SMILES string of the molecule is COc1ccc(CCN2CC(=O)N3C(Cc4c([nH]c5ccccc45)C3c3cccc(OC)c3)C2=O)cc1. The van der Waals surface area contributed by atoms with Gasteiger partial charge < -0.3 is 24.3 Å². The van der Waals surface area contributed by atoms with Gasteiger partial charge in [-0.2, -0.15) is 0 Å². The molecular weight excluding hydrogens is 466 g/mol. The zero-order chi connectivity index (χ0) is 25.5.